The molecule has 3 aromatic carbocycles. The Kier molecular flexibility index (Phi) is 10.1. The lowest BCUT2D eigenvalue weighted by Gasteiger charge is -2.32. The number of hydrogen-bond acceptors (Lipinski definition) is 5. The van der Waals surface area contributed by atoms with Crippen molar-refractivity contribution in [3.05, 3.63) is 90.2 Å². The zero-order valence-electron chi connectivity index (χ0n) is 22.5. The highest BCUT2D eigenvalue weighted by Crippen LogP contribution is 2.25. The molecule has 1 atom stereocenters. The first-order valence-electron chi connectivity index (χ1n) is 12.6. The molecule has 0 aromatic heterocycles. The third kappa shape index (κ3) is 7.79. The zero-order valence-corrected chi connectivity index (χ0v) is 23.3. The molecule has 39 heavy (non-hydrogen) atoms. The highest BCUT2D eigenvalue weighted by Gasteiger charge is 2.32. The Morgan fingerprint density at radius 3 is 2.10 bits per heavy atom. The monoisotopic (exact) mass is 555 g/mol. The van der Waals surface area contributed by atoms with Gasteiger partial charge in [-0.3, -0.25) is 13.9 Å². The number of nitrogens with one attached hydrogen (secondary N) is 1. The number of halogens is 1. The van der Waals surface area contributed by atoms with Crippen molar-refractivity contribution in [1.82, 2.24) is 10.2 Å². The van der Waals surface area contributed by atoms with E-state index in [4.69, 9.17) is 4.74 Å². The van der Waals surface area contributed by atoms with Crippen LogP contribution < -0.4 is 14.4 Å². The number of nitrogens with zero attached hydrogens (tertiary/aromatic N) is 2. The fourth-order valence-electron chi connectivity index (χ4n) is 3.82. The Morgan fingerprint density at radius 2 is 1.54 bits per heavy atom. The Labute approximate surface area is 229 Å². The van der Waals surface area contributed by atoms with Gasteiger partial charge in [0, 0.05) is 13.1 Å². The summed E-state index contributed by atoms with van der Waals surface area (Å²) in [6.45, 7) is 5.41. The molecule has 1 N–H and O–H groups in total. The summed E-state index contributed by atoms with van der Waals surface area (Å²) in [6, 6.07) is 18.7. The van der Waals surface area contributed by atoms with E-state index < -0.39 is 34.3 Å². The van der Waals surface area contributed by atoms with Gasteiger partial charge in [-0.1, -0.05) is 44.2 Å². The van der Waals surface area contributed by atoms with Crippen molar-refractivity contribution in [3.63, 3.8) is 0 Å². The lowest BCUT2D eigenvalue weighted by atomic mass is 10.1. The van der Waals surface area contributed by atoms with Gasteiger partial charge in [-0.15, -0.1) is 0 Å². The van der Waals surface area contributed by atoms with Crippen molar-refractivity contribution < 1.29 is 27.1 Å². The fourth-order valence-corrected chi connectivity index (χ4v) is 5.25. The van der Waals surface area contributed by atoms with Gasteiger partial charge in [-0.05, 0) is 66.9 Å². The minimum atomic E-state index is -4.20. The zero-order chi connectivity index (χ0) is 28.6. The summed E-state index contributed by atoms with van der Waals surface area (Å²) in [5, 5.41) is 2.84. The van der Waals surface area contributed by atoms with Crippen LogP contribution in [-0.2, 0) is 26.2 Å². The molecule has 0 bridgehead atoms. The van der Waals surface area contributed by atoms with Crippen LogP contribution in [0.25, 0.3) is 0 Å². The maximum Gasteiger partial charge on any atom is 0.264 e. The van der Waals surface area contributed by atoms with Crippen LogP contribution in [0.4, 0.5) is 10.1 Å². The van der Waals surface area contributed by atoms with E-state index in [0.717, 1.165) is 22.0 Å². The molecule has 0 aliphatic heterocycles. The number of benzene rings is 3. The molecule has 0 heterocycles. The number of ether oxygens (including phenoxy) is 1. The Morgan fingerprint density at radius 1 is 0.923 bits per heavy atom. The first-order chi connectivity index (χ1) is 18.5. The third-order valence-corrected chi connectivity index (χ3v) is 7.88. The number of rotatable bonds is 12. The molecular formula is C29H34FN3O5S. The van der Waals surface area contributed by atoms with Crippen LogP contribution in [0.2, 0.25) is 0 Å². The van der Waals surface area contributed by atoms with Crippen LogP contribution in [0, 0.1) is 11.7 Å². The number of anilines is 1. The van der Waals surface area contributed by atoms with E-state index >= 15 is 0 Å². The smallest absolute Gasteiger partial charge is 0.264 e. The van der Waals surface area contributed by atoms with Crippen LogP contribution in [0.5, 0.6) is 5.75 Å². The molecule has 0 saturated heterocycles. The summed E-state index contributed by atoms with van der Waals surface area (Å²) >= 11 is 0. The molecule has 8 nitrogen and oxygen atoms in total. The third-order valence-electron chi connectivity index (χ3n) is 6.09. The maximum absolute atomic E-state index is 13.8. The highest BCUT2D eigenvalue weighted by atomic mass is 32.2. The van der Waals surface area contributed by atoms with E-state index in [2.05, 4.69) is 5.32 Å². The van der Waals surface area contributed by atoms with Gasteiger partial charge in [0.05, 0.1) is 17.7 Å². The minimum absolute atomic E-state index is 0.0217. The van der Waals surface area contributed by atoms with Crippen molar-refractivity contribution in [2.45, 2.75) is 38.3 Å². The van der Waals surface area contributed by atoms with E-state index in [1.165, 1.54) is 29.2 Å². The van der Waals surface area contributed by atoms with Crippen molar-refractivity contribution in [1.29, 1.82) is 0 Å². The molecule has 3 rings (SSSR count). The lowest BCUT2D eigenvalue weighted by Crippen LogP contribution is -2.51. The molecule has 2 amide bonds. The predicted molar refractivity (Wildman–Crippen MR) is 148 cm³/mol. The Hall–Kier alpha value is -3.92. The largest absolute Gasteiger partial charge is 0.497 e. The second-order valence-electron chi connectivity index (χ2n) is 9.49. The molecule has 1 unspecified atom stereocenters. The number of carbonyl (C=O) groups excluding carboxylic acids is 2. The van der Waals surface area contributed by atoms with E-state index in [0.29, 0.717) is 12.3 Å². The van der Waals surface area contributed by atoms with Crippen molar-refractivity contribution in [2.75, 3.05) is 24.5 Å². The van der Waals surface area contributed by atoms with Crippen LogP contribution in [0.3, 0.4) is 0 Å². The molecular weight excluding hydrogens is 521 g/mol. The second kappa shape index (κ2) is 13.2. The van der Waals surface area contributed by atoms with Crippen molar-refractivity contribution in [3.8, 4) is 5.75 Å². The molecule has 0 saturated carbocycles. The predicted octanol–water partition coefficient (Wildman–Crippen LogP) is 4.22. The summed E-state index contributed by atoms with van der Waals surface area (Å²) in [4.78, 5) is 28.1. The van der Waals surface area contributed by atoms with Gasteiger partial charge in [0.25, 0.3) is 10.0 Å². The molecule has 10 heteroatoms. The molecule has 0 aliphatic rings. The van der Waals surface area contributed by atoms with Crippen LogP contribution >= 0.6 is 0 Å². The van der Waals surface area contributed by atoms with Gasteiger partial charge in [0.1, 0.15) is 24.2 Å². The van der Waals surface area contributed by atoms with Gasteiger partial charge >= 0.3 is 0 Å². The van der Waals surface area contributed by atoms with Gasteiger partial charge in [0.15, 0.2) is 0 Å². The topological polar surface area (TPSA) is 96.0 Å². The first-order valence-corrected chi connectivity index (χ1v) is 14.0. The molecule has 0 fully saturated rings. The van der Waals surface area contributed by atoms with Crippen LogP contribution in [0.15, 0.2) is 83.8 Å². The summed E-state index contributed by atoms with van der Waals surface area (Å²) < 4.78 is 47.1. The van der Waals surface area contributed by atoms with Gasteiger partial charge in [-0.25, -0.2) is 12.8 Å². The average molecular weight is 556 g/mol. The Balaban J connectivity index is 1.98. The first kappa shape index (κ1) is 29.6. The van der Waals surface area contributed by atoms with Gasteiger partial charge in [0.2, 0.25) is 11.8 Å². The Bertz CT molecular complexity index is 1350. The lowest BCUT2D eigenvalue weighted by molar-refractivity contribution is -0.139. The van der Waals surface area contributed by atoms with Gasteiger partial charge in [-0.2, -0.15) is 0 Å². The molecule has 208 valence electrons. The summed E-state index contributed by atoms with van der Waals surface area (Å²) in [5.41, 5.74) is 0.849. The maximum atomic E-state index is 13.8. The van der Waals surface area contributed by atoms with E-state index in [-0.39, 0.29) is 29.0 Å². The summed E-state index contributed by atoms with van der Waals surface area (Å²) in [7, 11) is -2.65. The number of hydrogen-bond donors (Lipinski definition) is 1. The van der Waals surface area contributed by atoms with Crippen molar-refractivity contribution >= 4 is 27.5 Å². The molecule has 0 aliphatic carbocycles. The second-order valence-corrected chi connectivity index (χ2v) is 11.3. The molecule has 0 spiro atoms. The van der Waals surface area contributed by atoms with Gasteiger partial charge < -0.3 is 15.0 Å². The number of carbonyl (C=O) groups is 2. The average Bonchev–Trinajstić information content (AvgIpc) is 2.94. The normalized spacial score (nSPS) is 12.1. The van der Waals surface area contributed by atoms with E-state index in [1.807, 2.05) is 13.8 Å². The van der Waals surface area contributed by atoms with Crippen molar-refractivity contribution in [2.24, 2.45) is 5.92 Å². The SMILES string of the molecule is COc1ccc(CN(C(=O)CN(c2ccc(F)cc2)S(=O)(=O)c2ccccc2)C(C)C(=O)NCC(C)C)cc1. The number of amides is 2. The molecule has 0 radical (unpaired) electrons. The number of methoxy groups -OCH3 is 1. The minimum Gasteiger partial charge on any atom is -0.497 e. The number of sulfonamides is 1. The van der Waals surface area contributed by atoms with E-state index in [1.54, 1.807) is 56.5 Å². The molecule has 3 aromatic rings. The fraction of sp³-hybridized carbons (Fsp3) is 0.310. The summed E-state index contributed by atoms with van der Waals surface area (Å²) in [6.07, 6.45) is 0. The van der Waals surface area contributed by atoms with Crippen LogP contribution in [0.1, 0.15) is 26.3 Å². The summed E-state index contributed by atoms with van der Waals surface area (Å²) in [5.74, 6) is -0.655. The standard InChI is InChI=1S/C29H34FN3O5S/c1-21(2)18-31-29(35)22(3)32(19-23-10-16-26(38-4)17-11-23)28(34)20-33(25-14-12-24(30)13-15-25)39(36,37)27-8-6-5-7-9-27/h5-17,21-22H,18-20H2,1-4H3,(H,31,35). The highest BCUT2D eigenvalue weighted by molar-refractivity contribution is 7.92. The van der Waals surface area contributed by atoms with Crippen LogP contribution in [-0.4, -0.2) is 51.4 Å². The quantitative estimate of drug-likeness (QED) is 0.361. The van der Waals surface area contributed by atoms with E-state index in [9.17, 15) is 22.4 Å².